The van der Waals surface area contributed by atoms with E-state index in [2.05, 4.69) is 15.5 Å². The summed E-state index contributed by atoms with van der Waals surface area (Å²) in [6, 6.07) is 14.1. The zero-order chi connectivity index (χ0) is 19.6. The number of para-hydroxylation sites is 1. The number of piperidine rings is 1. The second-order valence-electron chi connectivity index (χ2n) is 6.91. The SMILES string of the molecule is O=C(NCc1ccc(S(=O)(=O)N2CCCCC2)cc1)c1n[nH]c2ccccc12. The topological polar surface area (TPSA) is 95.2 Å². The van der Waals surface area contributed by atoms with Crippen molar-refractivity contribution in [1.82, 2.24) is 19.8 Å². The Labute approximate surface area is 163 Å². The molecule has 0 radical (unpaired) electrons. The van der Waals surface area contributed by atoms with Gasteiger partial charge >= 0.3 is 0 Å². The molecule has 0 unspecified atom stereocenters. The molecule has 4 rings (SSSR count). The zero-order valence-electron chi connectivity index (χ0n) is 15.4. The fourth-order valence-corrected chi connectivity index (χ4v) is 4.95. The summed E-state index contributed by atoms with van der Waals surface area (Å²) in [5, 5.41) is 10.5. The van der Waals surface area contributed by atoms with Crippen LogP contribution in [0.5, 0.6) is 0 Å². The molecule has 0 bridgehead atoms. The predicted octanol–water partition coefficient (Wildman–Crippen LogP) is 2.67. The molecule has 1 fully saturated rings. The van der Waals surface area contributed by atoms with E-state index in [1.807, 2.05) is 24.3 Å². The quantitative estimate of drug-likeness (QED) is 0.691. The van der Waals surface area contributed by atoms with Gasteiger partial charge in [0.25, 0.3) is 5.91 Å². The molecule has 28 heavy (non-hydrogen) atoms. The van der Waals surface area contributed by atoms with Crippen molar-refractivity contribution in [2.24, 2.45) is 0 Å². The molecule has 0 spiro atoms. The van der Waals surface area contributed by atoms with Crippen LogP contribution in [0.15, 0.2) is 53.4 Å². The largest absolute Gasteiger partial charge is 0.347 e. The number of carbonyl (C=O) groups excluding carboxylic acids is 1. The number of sulfonamides is 1. The van der Waals surface area contributed by atoms with E-state index in [9.17, 15) is 13.2 Å². The van der Waals surface area contributed by atoms with E-state index < -0.39 is 10.0 Å². The average Bonchev–Trinajstić information content (AvgIpc) is 3.17. The summed E-state index contributed by atoms with van der Waals surface area (Å²) >= 11 is 0. The van der Waals surface area contributed by atoms with Crippen LogP contribution in [0.1, 0.15) is 35.3 Å². The summed E-state index contributed by atoms with van der Waals surface area (Å²) in [7, 11) is -3.44. The van der Waals surface area contributed by atoms with Crippen molar-refractivity contribution in [2.75, 3.05) is 13.1 Å². The lowest BCUT2D eigenvalue weighted by Gasteiger charge is -2.25. The van der Waals surface area contributed by atoms with E-state index in [0.717, 1.165) is 35.7 Å². The zero-order valence-corrected chi connectivity index (χ0v) is 16.2. The Balaban J connectivity index is 1.42. The van der Waals surface area contributed by atoms with Gasteiger partial charge in [0.15, 0.2) is 5.69 Å². The molecule has 146 valence electrons. The Morgan fingerprint density at radius 2 is 1.75 bits per heavy atom. The number of nitrogens with one attached hydrogen (secondary N) is 2. The summed E-state index contributed by atoms with van der Waals surface area (Å²) in [6.45, 7) is 1.46. The molecule has 1 aromatic heterocycles. The molecule has 3 aromatic rings. The summed E-state index contributed by atoms with van der Waals surface area (Å²) in [6.07, 6.45) is 2.90. The van der Waals surface area contributed by atoms with E-state index in [1.54, 1.807) is 28.6 Å². The molecule has 2 heterocycles. The Bertz CT molecular complexity index is 1080. The van der Waals surface area contributed by atoms with Gasteiger partial charge in [-0.25, -0.2) is 8.42 Å². The van der Waals surface area contributed by atoms with Crippen molar-refractivity contribution in [3.05, 3.63) is 59.8 Å². The van der Waals surface area contributed by atoms with Gasteiger partial charge < -0.3 is 5.32 Å². The predicted molar refractivity (Wildman–Crippen MR) is 106 cm³/mol. The molecule has 2 N–H and O–H groups in total. The van der Waals surface area contributed by atoms with Crippen LogP contribution >= 0.6 is 0 Å². The normalized spacial score (nSPS) is 15.6. The van der Waals surface area contributed by atoms with Gasteiger partial charge in [-0.1, -0.05) is 36.8 Å². The first kappa shape index (κ1) is 18.6. The Kier molecular flexibility index (Phi) is 5.15. The van der Waals surface area contributed by atoms with Crippen LogP contribution in [0.2, 0.25) is 0 Å². The van der Waals surface area contributed by atoms with E-state index in [1.165, 1.54) is 0 Å². The van der Waals surface area contributed by atoms with Crippen LogP contribution in [0.25, 0.3) is 10.9 Å². The highest BCUT2D eigenvalue weighted by atomic mass is 32.2. The minimum Gasteiger partial charge on any atom is -0.347 e. The molecule has 7 nitrogen and oxygen atoms in total. The second-order valence-corrected chi connectivity index (χ2v) is 8.85. The number of nitrogens with zero attached hydrogens (tertiary/aromatic N) is 2. The van der Waals surface area contributed by atoms with Gasteiger partial charge in [0.1, 0.15) is 0 Å². The van der Waals surface area contributed by atoms with E-state index in [-0.39, 0.29) is 5.91 Å². The van der Waals surface area contributed by atoms with Crippen LogP contribution in [0.4, 0.5) is 0 Å². The summed E-state index contributed by atoms with van der Waals surface area (Å²) in [5.41, 5.74) is 1.98. The van der Waals surface area contributed by atoms with E-state index in [4.69, 9.17) is 0 Å². The monoisotopic (exact) mass is 398 g/mol. The highest BCUT2D eigenvalue weighted by molar-refractivity contribution is 7.89. The number of aromatic nitrogens is 2. The first-order valence-corrected chi connectivity index (χ1v) is 10.8. The minimum atomic E-state index is -3.44. The number of hydrogen-bond donors (Lipinski definition) is 2. The molecule has 1 aliphatic rings. The lowest BCUT2D eigenvalue weighted by Crippen LogP contribution is -2.35. The van der Waals surface area contributed by atoms with Crippen LogP contribution in [0.3, 0.4) is 0 Å². The molecule has 1 saturated heterocycles. The fourth-order valence-electron chi connectivity index (χ4n) is 3.44. The van der Waals surface area contributed by atoms with Gasteiger partial charge in [0.05, 0.1) is 10.4 Å². The number of hydrogen-bond acceptors (Lipinski definition) is 4. The highest BCUT2D eigenvalue weighted by Gasteiger charge is 2.25. The average molecular weight is 398 g/mol. The number of carbonyl (C=O) groups is 1. The molecular formula is C20H22N4O3S. The van der Waals surface area contributed by atoms with Crippen molar-refractivity contribution in [3.63, 3.8) is 0 Å². The molecule has 8 heteroatoms. The summed E-state index contributed by atoms with van der Waals surface area (Å²) < 4.78 is 26.9. The fraction of sp³-hybridized carbons (Fsp3) is 0.300. The molecule has 0 aliphatic carbocycles. The molecule has 0 saturated carbocycles. The highest BCUT2D eigenvalue weighted by Crippen LogP contribution is 2.21. The third-order valence-corrected chi connectivity index (χ3v) is 6.93. The Morgan fingerprint density at radius 1 is 1.04 bits per heavy atom. The van der Waals surface area contributed by atoms with Crippen molar-refractivity contribution < 1.29 is 13.2 Å². The van der Waals surface area contributed by atoms with Gasteiger partial charge in [-0.3, -0.25) is 9.89 Å². The van der Waals surface area contributed by atoms with Crippen LogP contribution in [-0.2, 0) is 16.6 Å². The summed E-state index contributed by atoms with van der Waals surface area (Å²) in [4.78, 5) is 12.7. The first-order valence-electron chi connectivity index (χ1n) is 9.36. The Hall–Kier alpha value is -2.71. The molecular weight excluding hydrogens is 376 g/mol. The van der Waals surface area contributed by atoms with Gasteiger partial charge in [-0.15, -0.1) is 0 Å². The standard InChI is InChI=1S/C20H22N4O3S/c25-20(19-17-6-2-3-7-18(17)22-23-19)21-14-15-8-10-16(11-9-15)28(26,27)24-12-4-1-5-13-24/h2-3,6-11H,1,4-5,12-14H2,(H,21,25)(H,22,23). The van der Waals surface area contributed by atoms with E-state index in [0.29, 0.717) is 30.2 Å². The maximum absolute atomic E-state index is 12.7. The van der Waals surface area contributed by atoms with Gasteiger partial charge in [0.2, 0.25) is 10.0 Å². The van der Waals surface area contributed by atoms with Crippen molar-refractivity contribution in [2.45, 2.75) is 30.7 Å². The Morgan fingerprint density at radius 3 is 2.50 bits per heavy atom. The number of amides is 1. The summed E-state index contributed by atoms with van der Waals surface area (Å²) in [5.74, 6) is -0.275. The lowest BCUT2D eigenvalue weighted by molar-refractivity contribution is 0.0947. The van der Waals surface area contributed by atoms with Gasteiger partial charge in [-0.2, -0.15) is 9.40 Å². The second kappa shape index (κ2) is 7.73. The minimum absolute atomic E-state index is 0.275. The number of rotatable bonds is 5. The van der Waals surface area contributed by atoms with E-state index >= 15 is 0 Å². The maximum atomic E-state index is 12.7. The number of H-pyrrole nitrogens is 1. The smallest absolute Gasteiger partial charge is 0.272 e. The third kappa shape index (κ3) is 3.65. The molecule has 1 amide bonds. The van der Waals surface area contributed by atoms with Crippen LogP contribution in [0, 0.1) is 0 Å². The molecule has 2 aromatic carbocycles. The van der Waals surface area contributed by atoms with Gasteiger partial charge in [0, 0.05) is 25.0 Å². The number of aromatic amines is 1. The van der Waals surface area contributed by atoms with Gasteiger partial charge in [-0.05, 0) is 36.6 Å². The number of benzene rings is 2. The lowest BCUT2D eigenvalue weighted by atomic mass is 10.2. The molecule has 0 atom stereocenters. The van der Waals surface area contributed by atoms with Crippen LogP contribution < -0.4 is 5.32 Å². The van der Waals surface area contributed by atoms with Crippen LogP contribution in [-0.4, -0.2) is 41.9 Å². The molecule has 1 aliphatic heterocycles. The maximum Gasteiger partial charge on any atom is 0.272 e. The van der Waals surface area contributed by atoms with Crippen molar-refractivity contribution in [1.29, 1.82) is 0 Å². The van der Waals surface area contributed by atoms with Crippen molar-refractivity contribution in [3.8, 4) is 0 Å². The third-order valence-electron chi connectivity index (χ3n) is 5.01. The first-order chi connectivity index (χ1) is 13.6. The number of fused-ring (bicyclic) bond motifs is 1. The van der Waals surface area contributed by atoms with Crippen molar-refractivity contribution >= 4 is 26.8 Å².